The van der Waals surface area contributed by atoms with Crippen molar-refractivity contribution in [1.29, 1.82) is 5.26 Å². The molecule has 206 valence electrons. The van der Waals surface area contributed by atoms with Crippen LogP contribution in [0.25, 0.3) is 0 Å². The number of hydrogen-bond acceptors (Lipinski definition) is 7. The minimum atomic E-state index is -0.822. The molecule has 0 saturated carbocycles. The Hall–Kier alpha value is -4.23. The number of nitrogens with zero attached hydrogens (tertiary/aromatic N) is 4. The average Bonchev–Trinajstić information content (AvgIpc) is 3.43. The number of aromatic nitrogens is 3. The molecule has 10 nitrogen and oxygen atoms in total. The van der Waals surface area contributed by atoms with E-state index < -0.39 is 28.5 Å². The van der Waals surface area contributed by atoms with E-state index in [0.717, 1.165) is 5.56 Å². The van der Waals surface area contributed by atoms with Gasteiger partial charge in [0.15, 0.2) is 5.75 Å². The number of aryl methyl sites for hydroxylation is 2. The van der Waals surface area contributed by atoms with Crippen molar-refractivity contribution >= 4 is 23.4 Å². The quantitative estimate of drug-likeness (QED) is 0.461. The molecule has 1 aromatic carbocycles. The van der Waals surface area contributed by atoms with Crippen molar-refractivity contribution in [2.45, 2.75) is 64.6 Å². The van der Waals surface area contributed by atoms with Gasteiger partial charge in [-0.15, -0.1) is 0 Å². The monoisotopic (exact) mass is 560 g/mol. The lowest BCUT2D eigenvalue weighted by Gasteiger charge is -2.39. The van der Waals surface area contributed by atoms with E-state index >= 15 is 0 Å². The molecule has 2 amide bonds. The second-order valence-corrected chi connectivity index (χ2v) is 11.3. The van der Waals surface area contributed by atoms with Crippen LogP contribution in [0.15, 0.2) is 47.3 Å². The van der Waals surface area contributed by atoms with Gasteiger partial charge in [0.1, 0.15) is 17.5 Å². The summed E-state index contributed by atoms with van der Waals surface area (Å²) in [5.74, 6) is -0.392. The van der Waals surface area contributed by atoms with Gasteiger partial charge in [0, 0.05) is 17.5 Å². The summed E-state index contributed by atoms with van der Waals surface area (Å²) in [6.07, 6.45) is 1.60. The second-order valence-electron chi connectivity index (χ2n) is 10.9. The van der Waals surface area contributed by atoms with E-state index in [1.54, 1.807) is 30.9 Å². The lowest BCUT2D eigenvalue weighted by atomic mass is 9.83. The van der Waals surface area contributed by atoms with E-state index in [1.165, 1.54) is 12.1 Å². The normalized spacial score (nSPS) is 22.1. The number of fused-ring (bicyclic) bond motifs is 1. The Kier molecular flexibility index (Phi) is 6.88. The van der Waals surface area contributed by atoms with Gasteiger partial charge in [-0.1, -0.05) is 29.8 Å². The summed E-state index contributed by atoms with van der Waals surface area (Å²) >= 11 is 6.63. The maximum absolute atomic E-state index is 13.9. The molecule has 5 rings (SSSR count). The maximum atomic E-state index is 13.9. The summed E-state index contributed by atoms with van der Waals surface area (Å²) in [5, 5.41) is 19.5. The summed E-state index contributed by atoms with van der Waals surface area (Å²) in [6.45, 7) is 7.04. The minimum absolute atomic E-state index is 0.0615. The molecule has 40 heavy (non-hydrogen) atoms. The lowest BCUT2D eigenvalue weighted by Crippen LogP contribution is -2.50. The number of rotatable bonds is 6. The Balaban J connectivity index is 1.41. The van der Waals surface area contributed by atoms with Crippen LogP contribution in [-0.2, 0) is 10.3 Å². The molecule has 0 spiro atoms. The Morgan fingerprint density at radius 2 is 1.98 bits per heavy atom. The first-order valence-electron chi connectivity index (χ1n) is 13.0. The predicted octanol–water partition coefficient (Wildman–Crippen LogP) is 4.17. The van der Waals surface area contributed by atoms with Gasteiger partial charge < -0.3 is 15.0 Å². The van der Waals surface area contributed by atoms with E-state index in [1.807, 2.05) is 32.0 Å². The lowest BCUT2D eigenvalue weighted by molar-refractivity contribution is -0.135. The van der Waals surface area contributed by atoms with Crippen LogP contribution < -0.4 is 15.6 Å². The van der Waals surface area contributed by atoms with Crippen molar-refractivity contribution in [3.63, 3.8) is 0 Å². The summed E-state index contributed by atoms with van der Waals surface area (Å²) in [4.78, 5) is 45.4. The predicted molar refractivity (Wildman–Crippen MR) is 147 cm³/mol. The smallest absolute Gasteiger partial charge is 0.307 e. The highest BCUT2D eigenvalue weighted by molar-refractivity contribution is 6.31. The fourth-order valence-corrected chi connectivity index (χ4v) is 6.17. The van der Waals surface area contributed by atoms with Crippen LogP contribution in [0, 0.1) is 30.6 Å². The molecule has 0 aliphatic carbocycles. The molecule has 2 aliphatic rings. The maximum Gasteiger partial charge on any atom is 0.307 e. The van der Waals surface area contributed by atoms with Gasteiger partial charge in [0.25, 0.3) is 5.91 Å². The van der Waals surface area contributed by atoms with Crippen LogP contribution in [0.3, 0.4) is 0 Å². The van der Waals surface area contributed by atoms with E-state index in [0.29, 0.717) is 41.4 Å². The van der Waals surface area contributed by atoms with Gasteiger partial charge in [-0.3, -0.25) is 14.4 Å². The number of nitriles is 1. The van der Waals surface area contributed by atoms with Gasteiger partial charge in [-0.25, -0.2) is 10.1 Å². The number of nitrogens with one attached hydrogen (secondary N) is 2. The number of pyridine rings is 1. The number of ether oxygens (including phenoxy) is 1. The number of H-pyrrole nitrogens is 1. The highest BCUT2D eigenvalue weighted by Gasteiger charge is 2.61. The van der Waals surface area contributed by atoms with Crippen LogP contribution >= 0.6 is 11.6 Å². The van der Waals surface area contributed by atoms with Crippen molar-refractivity contribution in [3.05, 3.63) is 80.5 Å². The van der Waals surface area contributed by atoms with Crippen LogP contribution in [0.1, 0.15) is 60.5 Å². The van der Waals surface area contributed by atoms with Crippen molar-refractivity contribution < 1.29 is 14.3 Å². The third-order valence-electron chi connectivity index (χ3n) is 7.87. The molecule has 3 atom stereocenters. The minimum Gasteiger partial charge on any atom is -0.450 e. The van der Waals surface area contributed by atoms with Crippen molar-refractivity contribution in [1.82, 2.24) is 25.4 Å². The number of aromatic amines is 1. The number of carbonyl (C=O) groups excluding carboxylic acids is 2. The van der Waals surface area contributed by atoms with E-state index in [-0.39, 0.29) is 23.4 Å². The molecule has 0 unspecified atom stereocenters. The van der Waals surface area contributed by atoms with Gasteiger partial charge in [0.2, 0.25) is 5.91 Å². The standard InChI is InChI=1S/C29H29ClN6O4/c1-16-13-23(26(38)35-34-16)40-22-10-9-20(32-17(22)2)25(37)33-21-14-29(18-7-5-6-8-19(18)30)12-11-24(28(3,4)15-31)36(29)27(21)39/h5-10,13,21,24H,11-12,14H2,1-4H3,(H,33,37)(H,35,38)/t21-,24+,29+/m0/s1. The zero-order valence-corrected chi connectivity index (χ0v) is 23.4. The topological polar surface area (TPSA) is 141 Å². The van der Waals surface area contributed by atoms with Crippen molar-refractivity contribution in [2.75, 3.05) is 0 Å². The molecule has 2 N–H and O–H groups in total. The Morgan fingerprint density at radius 1 is 1.23 bits per heavy atom. The average molecular weight is 561 g/mol. The summed E-state index contributed by atoms with van der Waals surface area (Å²) in [5.41, 5.74) is -0.127. The summed E-state index contributed by atoms with van der Waals surface area (Å²) in [7, 11) is 0. The number of hydrogen-bond donors (Lipinski definition) is 2. The van der Waals surface area contributed by atoms with Gasteiger partial charge in [0.05, 0.1) is 34.5 Å². The number of carbonyl (C=O) groups is 2. The largest absolute Gasteiger partial charge is 0.450 e. The summed E-state index contributed by atoms with van der Waals surface area (Å²) < 4.78 is 5.71. The molecule has 2 fully saturated rings. The fraction of sp³-hybridized carbons (Fsp3) is 0.379. The van der Waals surface area contributed by atoms with Crippen molar-refractivity contribution in [3.8, 4) is 17.6 Å². The first-order valence-corrected chi connectivity index (χ1v) is 13.4. The van der Waals surface area contributed by atoms with E-state index in [2.05, 4.69) is 26.6 Å². The van der Waals surface area contributed by atoms with Crippen LogP contribution in [0.5, 0.6) is 11.5 Å². The molecule has 11 heteroatoms. The molecule has 3 aromatic rings. The number of halogens is 1. The first kappa shape index (κ1) is 27.3. The fourth-order valence-electron chi connectivity index (χ4n) is 5.86. The molecular weight excluding hydrogens is 532 g/mol. The third kappa shape index (κ3) is 4.60. The zero-order valence-electron chi connectivity index (χ0n) is 22.6. The molecule has 0 radical (unpaired) electrons. The second kappa shape index (κ2) is 10.1. The van der Waals surface area contributed by atoms with Gasteiger partial charge in [-0.05, 0) is 64.3 Å². The third-order valence-corrected chi connectivity index (χ3v) is 8.20. The highest BCUT2D eigenvalue weighted by atomic mass is 35.5. The highest BCUT2D eigenvalue weighted by Crippen LogP contribution is 2.54. The molecule has 2 saturated heterocycles. The van der Waals surface area contributed by atoms with Crippen molar-refractivity contribution in [2.24, 2.45) is 5.41 Å². The Morgan fingerprint density at radius 3 is 2.67 bits per heavy atom. The molecule has 0 bridgehead atoms. The SMILES string of the molecule is Cc1cc(Oc2ccc(C(=O)N[C@H]3C[C@@]4(c5ccccc5Cl)CC[C@H](C(C)(C)C#N)N4C3=O)nc2C)c(=O)[nH]n1. The van der Waals surface area contributed by atoms with Gasteiger partial charge >= 0.3 is 5.56 Å². The summed E-state index contributed by atoms with van der Waals surface area (Å²) in [6, 6.07) is 13.2. The zero-order chi connectivity index (χ0) is 28.8. The molecule has 2 aliphatic heterocycles. The van der Waals surface area contributed by atoms with Crippen LogP contribution in [0.4, 0.5) is 0 Å². The number of amides is 2. The Labute approximate surface area is 236 Å². The first-order chi connectivity index (χ1) is 19.0. The van der Waals surface area contributed by atoms with Crippen LogP contribution in [0.2, 0.25) is 5.02 Å². The molecular formula is C29H29ClN6O4. The van der Waals surface area contributed by atoms with Gasteiger partial charge in [-0.2, -0.15) is 10.4 Å². The van der Waals surface area contributed by atoms with Crippen LogP contribution in [-0.4, -0.2) is 44.0 Å². The Bertz CT molecular complexity index is 1610. The van der Waals surface area contributed by atoms with E-state index in [4.69, 9.17) is 16.3 Å². The molecule has 2 aromatic heterocycles. The van der Waals surface area contributed by atoms with E-state index in [9.17, 15) is 19.6 Å². The number of benzene rings is 1. The molecule has 4 heterocycles.